The molecule has 6 heteroatoms. The number of piperidine rings is 1. The Kier molecular flexibility index (Phi) is 7.39. The minimum atomic E-state index is 0.296. The molecule has 0 aliphatic carbocycles. The molecule has 0 radical (unpaired) electrons. The molecule has 2 aromatic rings. The van der Waals surface area contributed by atoms with Crippen molar-refractivity contribution in [2.45, 2.75) is 45.6 Å². The molecule has 0 atom stereocenters. The van der Waals surface area contributed by atoms with E-state index in [1.54, 1.807) is 11.3 Å². The highest BCUT2D eigenvalue weighted by molar-refractivity contribution is 7.13. The molecule has 2 fully saturated rings. The minimum Gasteiger partial charge on any atom is -0.345 e. The summed E-state index contributed by atoms with van der Waals surface area (Å²) in [7, 11) is 0. The van der Waals surface area contributed by atoms with E-state index < -0.39 is 0 Å². The van der Waals surface area contributed by atoms with Crippen LogP contribution in [-0.2, 0) is 17.8 Å². The fraction of sp³-hybridized carbons (Fsp3) is 0.583. The van der Waals surface area contributed by atoms with Gasteiger partial charge in [0.25, 0.3) is 0 Å². The van der Waals surface area contributed by atoms with Gasteiger partial charge in [-0.05, 0) is 50.3 Å². The first kappa shape index (κ1) is 21.3. The quantitative estimate of drug-likeness (QED) is 0.670. The lowest BCUT2D eigenvalue weighted by Crippen LogP contribution is -2.48. The van der Waals surface area contributed by atoms with Gasteiger partial charge in [0.1, 0.15) is 0 Å². The van der Waals surface area contributed by atoms with Crippen molar-refractivity contribution in [3.63, 3.8) is 0 Å². The Morgan fingerprint density at radius 1 is 1.07 bits per heavy atom. The monoisotopic (exact) mass is 426 g/mol. The second kappa shape index (κ2) is 10.4. The molecule has 0 spiro atoms. The van der Waals surface area contributed by atoms with E-state index in [0.717, 1.165) is 56.6 Å². The molecule has 30 heavy (non-hydrogen) atoms. The highest BCUT2D eigenvalue weighted by atomic mass is 32.1. The van der Waals surface area contributed by atoms with Crippen LogP contribution in [-0.4, -0.2) is 60.0 Å². The van der Waals surface area contributed by atoms with Crippen LogP contribution in [0.1, 0.15) is 43.9 Å². The summed E-state index contributed by atoms with van der Waals surface area (Å²) in [6.45, 7) is 9.11. The molecule has 0 N–H and O–H groups in total. The Morgan fingerprint density at radius 3 is 2.53 bits per heavy atom. The van der Waals surface area contributed by atoms with Crippen LogP contribution in [0.15, 0.2) is 35.7 Å². The summed E-state index contributed by atoms with van der Waals surface area (Å²) in [6.07, 6.45) is 5.15. The standard InChI is InChI=1S/C24H34N4OS/c1-20-10-12-26(13-11-20)18-22-19-30-24(25-22)28-16-14-27(15-17-28)23(29)9-5-8-21-6-3-2-4-7-21/h2-4,6-7,19-20H,5,8-18H2,1H3. The highest BCUT2D eigenvalue weighted by Crippen LogP contribution is 2.24. The molecule has 1 aromatic heterocycles. The number of aromatic nitrogens is 1. The first-order chi connectivity index (χ1) is 14.7. The Hall–Kier alpha value is -1.92. The van der Waals surface area contributed by atoms with Crippen LogP contribution in [0.25, 0.3) is 0 Å². The van der Waals surface area contributed by atoms with Gasteiger partial charge in [-0.15, -0.1) is 11.3 Å². The molecule has 1 amide bonds. The molecule has 5 nitrogen and oxygen atoms in total. The van der Waals surface area contributed by atoms with E-state index in [1.807, 2.05) is 11.0 Å². The first-order valence-electron chi connectivity index (χ1n) is 11.4. The molecular weight excluding hydrogens is 392 g/mol. The molecule has 0 saturated carbocycles. The predicted molar refractivity (Wildman–Crippen MR) is 124 cm³/mol. The Morgan fingerprint density at radius 2 is 1.80 bits per heavy atom. The Balaban J connectivity index is 1.19. The number of anilines is 1. The van der Waals surface area contributed by atoms with Gasteiger partial charge in [-0.3, -0.25) is 9.69 Å². The molecule has 3 heterocycles. The van der Waals surface area contributed by atoms with Crippen molar-refractivity contribution >= 4 is 22.4 Å². The average molecular weight is 427 g/mol. The lowest BCUT2D eigenvalue weighted by atomic mass is 9.99. The first-order valence-corrected chi connectivity index (χ1v) is 12.3. The number of likely N-dealkylation sites (tertiary alicyclic amines) is 1. The number of benzene rings is 1. The van der Waals surface area contributed by atoms with Crippen LogP contribution in [0, 0.1) is 5.92 Å². The van der Waals surface area contributed by atoms with Crippen molar-refractivity contribution in [1.29, 1.82) is 0 Å². The third-order valence-electron chi connectivity index (χ3n) is 6.40. The average Bonchev–Trinajstić information content (AvgIpc) is 3.25. The van der Waals surface area contributed by atoms with E-state index in [2.05, 4.69) is 46.4 Å². The van der Waals surface area contributed by atoms with E-state index in [-0.39, 0.29) is 0 Å². The van der Waals surface area contributed by atoms with Crippen LogP contribution < -0.4 is 4.90 Å². The molecule has 0 bridgehead atoms. The lowest BCUT2D eigenvalue weighted by molar-refractivity contribution is -0.131. The van der Waals surface area contributed by atoms with Gasteiger partial charge in [0.15, 0.2) is 5.13 Å². The van der Waals surface area contributed by atoms with E-state index in [9.17, 15) is 4.79 Å². The van der Waals surface area contributed by atoms with Gasteiger partial charge in [0, 0.05) is 44.5 Å². The van der Waals surface area contributed by atoms with Crippen molar-refractivity contribution in [1.82, 2.24) is 14.8 Å². The third-order valence-corrected chi connectivity index (χ3v) is 7.35. The highest BCUT2D eigenvalue weighted by Gasteiger charge is 2.23. The molecule has 162 valence electrons. The number of hydrogen-bond acceptors (Lipinski definition) is 5. The molecule has 1 aromatic carbocycles. The molecule has 2 aliphatic rings. The number of carbonyl (C=O) groups is 1. The van der Waals surface area contributed by atoms with Crippen LogP contribution in [0.4, 0.5) is 5.13 Å². The number of amides is 1. The van der Waals surface area contributed by atoms with Gasteiger partial charge in [-0.25, -0.2) is 4.98 Å². The molecule has 0 unspecified atom stereocenters. The maximum absolute atomic E-state index is 12.6. The van der Waals surface area contributed by atoms with E-state index in [0.29, 0.717) is 12.3 Å². The zero-order valence-corrected chi connectivity index (χ0v) is 18.9. The smallest absolute Gasteiger partial charge is 0.222 e. The fourth-order valence-corrected chi connectivity index (χ4v) is 5.23. The SMILES string of the molecule is CC1CCN(Cc2csc(N3CCN(C(=O)CCCc4ccccc4)CC3)n2)CC1. The fourth-order valence-electron chi connectivity index (χ4n) is 4.36. The largest absolute Gasteiger partial charge is 0.345 e. The topological polar surface area (TPSA) is 39.7 Å². The summed E-state index contributed by atoms with van der Waals surface area (Å²) in [5.41, 5.74) is 2.51. The van der Waals surface area contributed by atoms with E-state index in [4.69, 9.17) is 4.98 Å². The van der Waals surface area contributed by atoms with E-state index >= 15 is 0 Å². The number of hydrogen-bond donors (Lipinski definition) is 0. The summed E-state index contributed by atoms with van der Waals surface area (Å²) in [4.78, 5) is 24.4. The molecule has 2 aliphatic heterocycles. The number of aryl methyl sites for hydroxylation is 1. The van der Waals surface area contributed by atoms with Crippen molar-refractivity contribution in [3.8, 4) is 0 Å². The van der Waals surface area contributed by atoms with Crippen molar-refractivity contribution < 1.29 is 4.79 Å². The number of rotatable bonds is 7. The van der Waals surface area contributed by atoms with Gasteiger partial charge >= 0.3 is 0 Å². The summed E-state index contributed by atoms with van der Waals surface area (Å²) < 4.78 is 0. The third kappa shape index (κ3) is 5.82. The van der Waals surface area contributed by atoms with Crippen LogP contribution >= 0.6 is 11.3 Å². The van der Waals surface area contributed by atoms with Crippen molar-refractivity contribution in [2.75, 3.05) is 44.2 Å². The zero-order valence-electron chi connectivity index (χ0n) is 18.1. The summed E-state index contributed by atoms with van der Waals surface area (Å²) in [5.74, 6) is 1.16. The Bertz CT molecular complexity index is 793. The number of nitrogens with zero attached hydrogens (tertiary/aromatic N) is 4. The van der Waals surface area contributed by atoms with Crippen LogP contribution in [0.2, 0.25) is 0 Å². The van der Waals surface area contributed by atoms with E-state index in [1.165, 1.54) is 37.2 Å². The Labute approximate surface area is 184 Å². The van der Waals surface area contributed by atoms with Gasteiger partial charge in [-0.1, -0.05) is 37.3 Å². The molecule has 2 saturated heterocycles. The van der Waals surface area contributed by atoms with Gasteiger partial charge in [-0.2, -0.15) is 0 Å². The number of carbonyl (C=O) groups excluding carboxylic acids is 1. The van der Waals surface area contributed by atoms with Crippen molar-refractivity contribution in [2.24, 2.45) is 5.92 Å². The number of piperazine rings is 1. The lowest BCUT2D eigenvalue weighted by Gasteiger charge is -2.34. The summed E-state index contributed by atoms with van der Waals surface area (Å²) in [5, 5.41) is 3.33. The summed E-state index contributed by atoms with van der Waals surface area (Å²) >= 11 is 1.75. The van der Waals surface area contributed by atoms with Crippen LogP contribution in [0.5, 0.6) is 0 Å². The predicted octanol–water partition coefficient (Wildman–Crippen LogP) is 4.05. The van der Waals surface area contributed by atoms with Crippen LogP contribution in [0.3, 0.4) is 0 Å². The number of thiazole rings is 1. The summed E-state index contributed by atoms with van der Waals surface area (Å²) in [6, 6.07) is 10.4. The minimum absolute atomic E-state index is 0.296. The normalized spacial score (nSPS) is 18.7. The van der Waals surface area contributed by atoms with Gasteiger partial charge in [0.05, 0.1) is 5.69 Å². The molecule has 4 rings (SSSR count). The van der Waals surface area contributed by atoms with Gasteiger partial charge < -0.3 is 9.80 Å². The molecular formula is C24H34N4OS. The zero-order chi connectivity index (χ0) is 20.8. The second-order valence-electron chi connectivity index (χ2n) is 8.79. The second-order valence-corrected chi connectivity index (χ2v) is 9.62. The van der Waals surface area contributed by atoms with Crippen molar-refractivity contribution in [3.05, 3.63) is 47.0 Å². The maximum Gasteiger partial charge on any atom is 0.222 e. The maximum atomic E-state index is 12.6. The van der Waals surface area contributed by atoms with Gasteiger partial charge in [0.2, 0.25) is 5.91 Å².